The number of hydrogen-bond donors (Lipinski definition) is 2. The van der Waals surface area contributed by atoms with E-state index in [0.29, 0.717) is 5.92 Å². The first kappa shape index (κ1) is 11.0. The molecule has 1 aromatic heterocycles. The van der Waals surface area contributed by atoms with Gasteiger partial charge in [0.25, 0.3) is 0 Å². The zero-order chi connectivity index (χ0) is 11.7. The molecule has 4 heteroatoms. The predicted molar refractivity (Wildman–Crippen MR) is 67.9 cm³/mol. The average Bonchev–Trinajstić information content (AvgIpc) is 2.40. The number of nitrogens with zero attached hydrogens (tertiary/aromatic N) is 2. The Bertz CT molecular complexity index is 410. The van der Waals surface area contributed by atoms with E-state index >= 15 is 0 Å². The Morgan fingerprint density at radius 1 is 1.06 bits per heavy atom. The van der Waals surface area contributed by atoms with Gasteiger partial charge in [-0.05, 0) is 51.6 Å². The first-order valence-corrected chi connectivity index (χ1v) is 6.70. The molecule has 0 spiro atoms. The van der Waals surface area contributed by atoms with Gasteiger partial charge in [-0.25, -0.2) is 9.97 Å². The number of hydrogen-bond acceptors (Lipinski definition) is 4. The van der Waals surface area contributed by atoms with E-state index in [2.05, 4.69) is 10.3 Å². The van der Waals surface area contributed by atoms with Crippen molar-refractivity contribution in [3.05, 3.63) is 17.1 Å². The maximum absolute atomic E-state index is 6.08. The van der Waals surface area contributed by atoms with Crippen LogP contribution >= 0.6 is 0 Å². The summed E-state index contributed by atoms with van der Waals surface area (Å²) in [6, 6.07) is 0. The molecule has 4 nitrogen and oxygen atoms in total. The molecule has 1 fully saturated rings. The topological polar surface area (TPSA) is 63.8 Å². The molecule has 0 radical (unpaired) electrons. The van der Waals surface area contributed by atoms with E-state index in [9.17, 15) is 0 Å². The number of piperidine rings is 1. The zero-order valence-electron chi connectivity index (χ0n) is 10.2. The van der Waals surface area contributed by atoms with Crippen LogP contribution in [0.25, 0.3) is 0 Å². The highest BCUT2D eigenvalue weighted by molar-refractivity contribution is 5.43. The quantitative estimate of drug-likeness (QED) is 0.768. The summed E-state index contributed by atoms with van der Waals surface area (Å²) < 4.78 is 0. The lowest BCUT2D eigenvalue weighted by Gasteiger charge is -2.24. The van der Waals surface area contributed by atoms with Crippen molar-refractivity contribution in [1.29, 1.82) is 0 Å². The highest BCUT2D eigenvalue weighted by Gasteiger charge is 2.22. The van der Waals surface area contributed by atoms with Gasteiger partial charge in [-0.15, -0.1) is 0 Å². The van der Waals surface area contributed by atoms with Crippen LogP contribution in [0.2, 0.25) is 0 Å². The Labute approximate surface area is 102 Å². The second kappa shape index (κ2) is 4.61. The van der Waals surface area contributed by atoms with Crippen LogP contribution in [-0.2, 0) is 12.8 Å². The van der Waals surface area contributed by atoms with Crippen LogP contribution in [0.1, 0.15) is 48.7 Å². The van der Waals surface area contributed by atoms with E-state index in [1.807, 2.05) is 0 Å². The fraction of sp³-hybridized carbons (Fsp3) is 0.692. The Morgan fingerprint density at radius 2 is 1.82 bits per heavy atom. The number of anilines is 1. The summed E-state index contributed by atoms with van der Waals surface area (Å²) in [5.74, 6) is 2.23. The zero-order valence-corrected chi connectivity index (χ0v) is 10.2. The molecule has 1 aliphatic carbocycles. The van der Waals surface area contributed by atoms with Crippen LogP contribution in [0.5, 0.6) is 0 Å². The minimum atomic E-state index is 0.505. The van der Waals surface area contributed by atoms with Gasteiger partial charge < -0.3 is 11.1 Å². The van der Waals surface area contributed by atoms with Gasteiger partial charge in [-0.1, -0.05) is 0 Å². The number of nitrogen functional groups attached to an aromatic ring is 1. The highest BCUT2D eigenvalue weighted by atomic mass is 15.0. The van der Waals surface area contributed by atoms with Gasteiger partial charge >= 0.3 is 0 Å². The molecule has 0 unspecified atom stereocenters. The van der Waals surface area contributed by atoms with Gasteiger partial charge in [0.15, 0.2) is 0 Å². The van der Waals surface area contributed by atoms with Crippen LogP contribution in [0.15, 0.2) is 0 Å². The number of aryl methyl sites for hydroxylation is 1. The van der Waals surface area contributed by atoms with Gasteiger partial charge in [-0.3, -0.25) is 0 Å². The lowest BCUT2D eigenvalue weighted by Crippen LogP contribution is -2.28. The van der Waals surface area contributed by atoms with E-state index in [0.717, 1.165) is 50.4 Å². The number of nitrogens with two attached hydrogens (primary N) is 1. The normalized spacial score (nSPS) is 21.2. The lowest BCUT2D eigenvalue weighted by molar-refractivity contribution is 0.443. The minimum Gasteiger partial charge on any atom is -0.383 e. The predicted octanol–water partition coefficient (Wildman–Crippen LogP) is 1.40. The monoisotopic (exact) mass is 232 g/mol. The molecule has 0 bridgehead atoms. The SMILES string of the molecule is Nc1nc(C2CCNCC2)nc2c1CCCC2. The molecule has 17 heavy (non-hydrogen) atoms. The second-order valence-corrected chi connectivity index (χ2v) is 5.12. The largest absolute Gasteiger partial charge is 0.383 e. The molecule has 3 N–H and O–H groups in total. The van der Waals surface area contributed by atoms with Gasteiger partial charge in [0.1, 0.15) is 11.6 Å². The highest BCUT2D eigenvalue weighted by Crippen LogP contribution is 2.28. The van der Waals surface area contributed by atoms with Gasteiger partial charge in [0.05, 0.1) is 0 Å². The molecule has 1 aliphatic heterocycles. The summed E-state index contributed by atoms with van der Waals surface area (Å²) in [5, 5.41) is 3.37. The van der Waals surface area contributed by atoms with Crippen LogP contribution in [-0.4, -0.2) is 23.1 Å². The molecule has 1 aromatic rings. The van der Waals surface area contributed by atoms with Crippen molar-refractivity contribution in [3.8, 4) is 0 Å². The van der Waals surface area contributed by atoms with E-state index in [4.69, 9.17) is 10.7 Å². The van der Waals surface area contributed by atoms with Crippen LogP contribution in [0, 0.1) is 0 Å². The standard InChI is InChI=1S/C13H20N4/c14-12-10-3-1-2-4-11(10)16-13(17-12)9-5-7-15-8-6-9/h9,15H,1-8H2,(H2,14,16,17). The Kier molecular flexibility index (Phi) is 2.97. The third-order valence-electron chi connectivity index (χ3n) is 3.94. The molecule has 92 valence electrons. The van der Waals surface area contributed by atoms with Crippen molar-refractivity contribution in [1.82, 2.24) is 15.3 Å². The fourth-order valence-electron chi connectivity index (χ4n) is 2.91. The van der Waals surface area contributed by atoms with Crippen molar-refractivity contribution in [2.24, 2.45) is 0 Å². The fourth-order valence-corrected chi connectivity index (χ4v) is 2.91. The maximum atomic E-state index is 6.08. The average molecular weight is 232 g/mol. The first-order valence-electron chi connectivity index (χ1n) is 6.70. The van der Waals surface area contributed by atoms with Crippen molar-refractivity contribution < 1.29 is 0 Å². The Balaban J connectivity index is 1.92. The van der Waals surface area contributed by atoms with Gasteiger partial charge in [0, 0.05) is 17.2 Å². The molecular formula is C13H20N4. The summed E-state index contributed by atoms with van der Waals surface area (Å²) in [4.78, 5) is 9.33. The molecule has 0 atom stereocenters. The van der Waals surface area contributed by atoms with Crippen molar-refractivity contribution in [2.45, 2.75) is 44.4 Å². The van der Waals surface area contributed by atoms with E-state index < -0.39 is 0 Å². The van der Waals surface area contributed by atoms with Crippen LogP contribution in [0.4, 0.5) is 5.82 Å². The molecule has 3 rings (SSSR count). The van der Waals surface area contributed by atoms with Crippen molar-refractivity contribution in [3.63, 3.8) is 0 Å². The van der Waals surface area contributed by atoms with Gasteiger partial charge in [0.2, 0.25) is 0 Å². The Hall–Kier alpha value is -1.16. The van der Waals surface area contributed by atoms with Crippen molar-refractivity contribution in [2.75, 3.05) is 18.8 Å². The van der Waals surface area contributed by atoms with Gasteiger partial charge in [-0.2, -0.15) is 0 Å². The van der Waals surface area contributed by atoms with Crippen LogP contribution < -0.4 is 11.1 Å². The summed E-state index contributed by atoms with van der Waals surface area (Å²) in [6.07, 6.45) is 6.90. The summed E-state index contributed by atoms with van der Waals surface area (Å²) in [5.41, 5.74) is 8.52. The number of aromatic nitrogens is 2. The molecule has 2 aliphatic rings. The second-order valence-electron chi connectivity index (χ2n) is 5.12. The third kappa shape index (κ3) is 2.14. The minimum absolute atomic E-state index is 0.505. The lowest BCUT2D eigenvalue weighted by atomic mass is 9.94. The molecule has 2 heterocycles. The first-order chi connectivity index (χ1) is 8.34. The molecule has 0 aromatic carbocycles. The Morgan fingerprint density at radius 3 is 2.65 bits per heavy atom. The number of rotatable bonds is 1. The van der Waals surface area contributed by atoms with E-state index in [-0.39, 0.29) is 0 Å². The maximum Gasteiger partial charge on any atom is 0.134 e. The smallest absolute Gasteiger partial charge is 0.134 e. The molecular weight excluding hydrogens is 212 g/mol. The van der Waals surface area contributed by atoms with E-state index in [1.165, 1.54) is 24.1 Å². The number of nitrogens with one attached hydrogen (secondary N) is 1. The summed E-state index contributed by atoms with van der Waals surface area (Å²) in [6.45, 7) is 2.15. The summed E-state index contributed by atoms with van der Waals surface area (Å²) in [7, 11) is 0. The van der Waals surface area contributed by atoms with Crippen molar-refractivity contribution >= 4 is 5.82 Å². The van der Waals surface area contributed by atoms with E-state index in [1.54, 1.807) is 0 Å². The van der Waals surface area contributed by atoms with Crippen LogP contribution in [0.3, 0.4) is 0 Å². The number of fused-ring (bicyclic) bond motifs is 1. The molecule has 0 amide bonds. The molecule has 0 saturated carbocycles. The summed E-state index contributed by atoms with van der Waals surface area (Å²) >= 11 is 0. The molecule has 1 saturated heterocycles. The third-order valence-corrected chi connectivity index (χ3v) is 3.94.